The smallest absolute Gasteiger partial charge is 0.132 e. The summed E-state index contributed by atoms with van der Waals surface area (Å²) in [6, 6.07) is 18.0. The number of hydrogen-bond acceptors (Lipinski definition) is 5. The largest absolute Gasteiger partial charge is 0.206 e. The molecule has 3 heterocycles. The minimum absolute atomic E-state index is 0.167. The van der Waals surface area contributed by atoms with Gasteiger partial charge in [-0.25, -0.2) is 8.78 Å². The van der Waals surface area contributed by atoms with Gasteiger partial charge in [-0.1, -0.05) is 135 Å². The van der Waals surface area contributed by atoms with Gasteiger partial charge in [0, 0.05) is 41.8 Å². The lowest BCUT2D eigenvalue weighted by Gasteiger charge is -2.14. The quantitative estimate of drug-likeness (QED) is 0.0735. The molecule has 7 heteroatoms. The molecule has 0 spiro atoms. The molecule has 2 aromatic carbocycles. The van der Waals surface area contributed by atoms with Crippen molar-refractivity contribution in [2.24, 2.45) is 11.8 Å². The highest BCUT2D eigenvalue weighted by Gasteiger charge is 2.19. The molecule has 0 N–H and O–H groups in total. The van der Waals surface area contributed by atoms with Crippen LogP contribution in [-0.2, 0) is 6.42 Å². The lowest BCUT2D eigenvalue weighted by Crippen LogP contribution is -2.01. The van der Waals surface area contributed by atoms with Crippen LogP contribution in [-0.4, -0.2) is 8.75 Å². The van der Waals surface area contributed by atoms with Crippen molar-refractivity contribution in [3.8, 4) is 31.3 Å². The third-order valence-electron chi connectivity index (χ3n) is 10.4. The molecule has 2 nitrogen and oxygen atoms in total. The van der Waals surface area contributed by atoms with Gasteiger partial charge in [0.05, 0.1) is 11.7 Å². The summed E-state index contributed by atoms with van der Waals surface area (Å²) in [6.45, 7) is 19.0. The van der Waals surface area contributed by atoms with Gasteiger partial charge >= 0.3 is 0 Å². The van der Waals surface area contributed by atoms with E-state index in [1.807, 2.05) is 45.0 Å². The van der Waals surface area contributed by atoms with Gasteiger partial charge in [0.2, 0.25) is 0 Å². The fourth-order valence-electron chi connectivity index (χ4n) is 7.01. The van der Waals surface area contributed by atoms with Crippen LogP contribution in [0.4, 0.5) is 8.78 Å². The fourth-order valence-corrected chi connectivity index (χ4v) is 9.72. The Balaban J connectivity index is 0.00000319. The summed E-state index contributed by atoms with van der Waals surface area (Å²) in [5.41, 5.74) is 6.87. The SMILES string of the molecule is C=C/C(=C(F)\C=C(/C)CCC(CC)CCCC)c1ccc(-c2ccc(-c3ccc(-c4ccc(CCC(CC)CCCC)cc4F)s3)c3nsnc23)s1.CC. The second-order valence-electron chi connectivity index (χ2n) is 14.1. The van der Waals surface area contributed by atoms with E-state index in [2.05, 4.69) is 58.5 Å². The first-order valence-electron chi connectivity index (χ1n) is 20.2. The van der Waals surface area contributed by atoms with Crippen LogP contribution in [0.1, 0.15) is 130 Å². The molecule has 0 bridgehead atoms. The van der Waals surface area contributed by atoms with Crippen LogP contribution in [0, 0.1) is 17.7 Å². The number of allylic oxidation sites excluding steroid dienone is 5. The number of fused-ring (bicyclic) bond motifs is 1. The molecule has 0 radical (unpaired) electrons. The van der Waals surface area contributed by atoms with Gasteiger partial charge in [0.1, 0.15) is 22.7 Å². The van der Waals surface area contributed by atoms with Crippen molar-refractivity contribution >= 4 is 51.0 Å². The number of rotatable bonds is 20. The van der Waals surface area contributed by atoms with E-state index in [9.17, 15) is 0 Å². The van der Waals surface area contributed by atoms with Gasteiger partial charge in [0.25, 0.3) is 0 Å². The maximum Gasteiger partial charge on any atom is 0.132 e. The van der Waals surface area contributed by atoms with Crippen LogP contribution < -0.4 is 0 Å². The van der Waals surface area contributed by atoms with Crippen LogP contribution in [0.3, 0.4) is 0 Å². The fraction of sp³-hybridized carbons (Fsp3) is 0.447. The van der Waals surface area contributed by atoms with Gasteiger partial charge in [-0.05, 0) is 86.4 Å². The number of benzene rings is 2. The van der Waals surface area contributed by atoms with Crippen molar-refractivity contribution in [3.05, 3.63) is 101 Å². The van der Waals surface area contributed by atoms with Crippen LogP contribution in [0.2, 0.25) is 0 Å². The summed E-state index contributed by atoms with van der Waals surface area (Å²) in [5.74, 6) is 0.991. The standard InChI is InChI=1S/C45H54F2N2S3.C2H6/c1-7-12-14-31(9-3)17-16-30(6)28-38(46)34(11-5)40-24-26-42(50-40)36-22-23-37(45-44(36)48-52-49-45)43-27-25-41(51-43)35-21-20-33(29-39(35)47)19-18-32(10-4)15-13-8-2;1-2/h11,20-29,31-32H,5,7-10,12-19H2,1-4,6H3;1-2H3/b30-28+,38-34-;. The molecule has 290 valence electrons. The first-order valence-corrected chi connectivity index (χ1v) is 22.6. The van der Waals surface area contributed by atoms with Crippen LogP contribution in [0.25, 0.3) is 47.9 Å². The summed E-state index contributed by atoms with van der Waals surface area (Å²) in [4.78, 5) is 3.75. The molecule has 0 fully saturated rings. The van der Waals surface area contributed by atoms with E-state index in [4.69, 9.17) is 8.75 Å². The molecule has 0 aliphatic heterocycles. The Labute approximate surface area is 336 Å². The topological polar surface area (TPSA) is 25.8 Å². The monoisotopic (exact) mass is 786 g/mol. The zero-order valence-corrected chi connectivity index (χ0v) is 36.0. The maximum atomic E-state index is 15.6. The minimum Gasteiger partial charge on any atom is -0.206 e. The zero-order valence-electron chi connectivity index (χ0n) is 33.6. The first kappa shape index (κ1) is 43.5. The number of unbranched alkanes of at least 4 members (excludes halogenated alkanes) is 2. The van der Waals surface area contributed by atoms with Gasteiger partial charge in [-0.3, -0.25) is 0 Å². The molecule has 5 rings (SSSR count). The van der Waals surface area contributed by atoms with E-state index >= 15 is 8.78 Å². The molecule has 0 saturated carbocycles. The van der Waals surface area contributed by atoms with Gasteiger partial charge in [-0.15, -0.1) is 22.7 Å². The molecule has 0 aliphatic carbocycles. The van der Waals surface area contributed by atoms with Gasteiger partial charge < -0.3 is 0 Å². The maximum absolute atomic E-state index is 15.6. The van der Waals surface area contributed by atoms with E-state index < -0.39 is 0 Å². The summed E-state index contributed by atoms with van der Waals surface area (Å²) < 4.78 is 40.5. The number of nitrogens with zero attached hydrogens (tertiary/aromatic N) is 2. The normalized spacial score (nSPS) is 13.4. The number of aryl methyl sites for hydroxylation is 1. The third-order valence-corrected chi connectivity index (χ3v) is 13.3. The van der Waals surface area contributed by atoms with Crippen molar-refractivity contribution in [3.63, 3.8) is 0 Å². The van der Waals surface area contributed by atoms with E-state index in [1.54, 1.807) is 29.6 Å². The average molecular weight is 787 g/mol. The van der Waals surface area contributed by atoms with Crippen molar-refractivity contribution in [1.29, 1.82) is 0 Å². The highest BCUT2D eigenvalue weighted by Crippen LogP contribution is 2.43. The summed E-state index contributed by atoms with van der Waals surface area (Å²) in [5, 5.41) is 0. The molecule has 54 heavy (non-hydrogen) atoms. The zero-order chi connectivity index (χ0) is 39.0. The van der Waals surface area contributed by atoms with E-state index in [1.165, 1.54) is 74.4 Å². The van der Waals surface area contributed by atoms with Crippen LogP contribution >= 0.6 is 34.4 Å². The Morgan fingerprint density at radius 1 is 0.741 bits per heavy atom. The van der Waals surface area contributed by atoms with Crippen LogP contribution in [0.5, 0.6) is 0 Å². The summed E-state index contributed by atoms with van der Waals surface area (Å²) >= 11 is 4.30. The molecular formula is C47H60F2N2S3. The van der Waals surface area contributed by atoms with E-state index in [0.29, 0.717) is 23.0 Å². The highest BCUT2D eigenvalue weighted by atomic mass is 32.1. The number of hydrogen-bond donors (Lipinski definition) is 0. The Bertz CT molecular complexity index is 1980. The lowest BCUT2D eigenvalue weighted by atomic mass is 9.92. The Morgan fingerprint density at radius 2 is 1.30 bits per heavy atom. The van der Waals surface area contributed by atoms with Crippen molar-refractivity contribution in [2.45, 2.75) is 126 Å². The number of aromatic nitrogens is 2. The summed E-state index contributed by atoms with van der Waals surface area (Å²) in [6.07, 6.45) is 17.2. The van der Waals surface area contributed by atoms with E-state index in [0.717, 1.165) is 78.5 Å². The second-order valence-corrected chi connectivity index (χ2v) is 16.8. The Kier molecular flexibility index (Phi) is 18.0. The Hall–Kier alpha value is -3.26. The van der Waals surface area contributed by atoms with Crippen molar-refractivity contribution in [2.75, 3.05) is 0 Å². The van der Waals surface area contributed by atoms with Crippen molar-refractivity contribution < 1.29 is 8.78 Å². The predicted octanol–water partition coefficient (Wildman–Crippen LogP) is 16.9. The van der Waals surface area contributed by atoms with Crippen molar-refractivity contribution in [1.82, 2.24) is 8.75 Å². The van der Waals surface area contributed by atoms with Gasteiger partial charge in [-0.2, -0.15) is 8.75 Å². The molecule has 2 atom stereocenters. The Morgan fingerprint density at radius 3 is 1.87 bits per heavy atom. The number of thiophene rings is 2. The molecule has 2 unspecified atom stereocenters. The highest BCUT2D eigenvalue weighted by molar-refractivity contribution is 7.19. The minimum atomic E-state index is -0.245. The first-order chi connectivity index (χ1) is 26.3. The number of halogens is 2. The predicted molar refractivity (Wildman–Crippen MR) is 237 cm³/mol. The molecular weight excluding hydrogens is 727 g/mol. The van der Waals surface area contributed by atoms with E-state index in [-0.39, 0.29) is 11.6 Å². The van der Waals surface area contributed by atoms with Gasteiger partial charge in [0.15, 0.2) is 0 Å². The second kappa shape index (κ2) is 22.3. The average Bonchev–Trinajstić information content (AvgIpc) is 3.98. The molecule has 5 aromatic rings. The van der Waals surface area contributed by atoms with Crippen LogP contribution in [0.15, 0.2) is 84.7 Å². The molecule has 0 amide bonds. The molecule has 3 aromatic heterocycles. The summed E-state index contributed by atoms with van der Waals surface area (Å²) in [7, 11) is 0. The molecule has 0 aliphatic rings. The third kappa shape index (κ3) is 11.4. The lowest BCUT2D eigenvalue weighted by molar-refractivity contribution is 0.421. The molecule has 0 saturated heterocycles.